The molecule has 0 aromatic heterocycles. The molecule has 36 heavy (non-hydrogen) atoms. The van der Waals surface area contributed by atoms with E-state index in [0.717, 1.165) is 31.2 Å². The maximum Gasteiger partial charge on any atom is 0.311 e. The van der Waals surface area contributed by atoms with Crippen LogP contribution in [0.3, 0.4) is 0 Å². The van der Waals surface area contributed by atoms with E-state index in [4.69, 9.17) is 14.2 Å². The molecule has 2 aromatic carbocycles. The highest BCUT2D eigenvalue weighted by Crippen LogP contribution is 2.31. The molecule has 2 amide bonds. The van der Waals surface area contributed by atoms with E-state index in [0.29, 0.717) is 12.2 Å². The van der Waals surface area contributed by atoms with Crippen LogP contribution in [0.1, 0.15) is 44.6 Å². The van der Waals surface area contributed by atoms with Crippen molar-refractivity contribution in [2.75, 3.05) is 20.8 Å². The second-order valence-corrected chi connectivity index (χ2v) is 8.66. The number of nitro benzene ring substituents is 1. The molecule has 0 heterocycles. The fourth-order valence-corrected chi connectivity index (χ4v) is 4.34. The van der Waals surface area contributed by atoms with Crippen LogP contribution >= 0.6 is 0 Å². The van der Waals surface area contributed by atoms with Crippen LogP contribution in [-0.2, 0) is 16.1 Å². The van der Waals surface area contributed by atoms with Gasteiger partial charge in [-0.25, -0.2) is 0 Å². The Hall–Kier alpha value is -3.82. The zero-order chi connectivity index (χ0) is 26.1. The Morgan fingerprint density at radius 2 is 1.75 bits per heavy atom. The van der Waals surface area contributed by atoms with E-state index in [1.165, 1.54) is 30.2 Å². The third kappa shape index (κ3) is 6.87. The van der Waals surface area contributed by atoms with Crippen LogP contribution in [0.4, 0.5) is 5.69 Å². The molecule has 0 unspecified atom stereocenters. The van der Waals surface area contributed by atoms with E-state index in [1.807, 2.05) is 19.1 Å². The van der Waals surface area contributed by atoms with Gasteiger partial charge in [0.1, 0.15) is 17.5 Å². The van der Waals surface area contributed by atoms with Crippen molar-refractivity contribution in [3.8, 4) is 17.2 Å². The summed E-state index contributed by atoms with van der Waals surface area (Å²) in [5.74, 6) is 0.416. The largest absolute Gasteiger partial charge is 0.497 e. The van der Waals surface area contributed by atoms with Crippen LogP contribution in [0.5, 0.6) is 17.2 Å². The Labute approximate surface area is 210 Å². The van der Waals surface area contributed by atoms with Gasteiger partial charge >= 0.3 is 5.69 Å². The first-order chi connectivity index (χ1) is 17.4. The Bertz CT molecular complexity index is 1050. The Kier molecular flexibility index (Phi) is 9.49. The summed E-state index contributed by atoms with van der Waals surface area (Å²) in [7, 11) is 2.90. The summed E-state index contributed by atoms with van der Waals surface area (Å²) in [5, 5.41) is 14.2. The number of rotatable bonds is 12. The van der Waals surface area contributed by atoms with Gasteiger partial charge in [0.05, 0.1) is 19.1 Å². The van der Waals surface area contributed by atoms with Crippen molar-refractivity contribution < 1.29 is 28.7 Å². The zero-order valence-corrected chi connectivity index (χ0v) is 20.9. The molecule has 1 aliphatic rings. The molecule has 1 aliphatic carbocycles. The lowest BCUT2D eigenvalue weighted by atomic mass is 10.1. The van der Waals surface area contributed by atoms with Gasteiger partial charge in [0, 0.05) is 24.7 Å². The minimum Gasteiger partial charge on any atom is -0.497 e. The lowest BCUT2D eigenvalue weighted by molar-refractivity contribution is -0.385. The van der Waals surface area contributed by atoms with Crippen LogP contribution in [-0.4, -0.2) is 54.5 Å². The van der Waals surface area contributed by atoms with Crippen molar-refractivity contribution in [2.45, 2.75) is 57.7 Å². The molecule has 2 aromatic rings. The van der Waals surface area contributed by atoms with E-state index >= 15 is 0 Å². The fourth-order valence-electron chi connectivity index (χ4n) is 4.34. The SMILES string of the molecule is CC[C@@H](C(=O)NC1CCCC1)N(Cc1ccc(OC)cc1)C(=O)COc1ccc([N+](=O)[O-])c(OC)c1. The number of hydrogen-bond acceptors (Lipinski definition) is 7. The van der Waals surface area contributed by atoms with Crippen molar-refractivity contribution in [3.05, 3.63) is 58.1 Å². The van der Waals surface area contributed by atoms with Crippen molar-refractivity contribution in [3.63, 3.8) is 0 Å². The van der Waals surface area contributed by atoms with Crippen molar-refractivity contribution >= 4 is 17.5 Å². The summed E-state index contributed by atoms with van der Waals surface area (Å²) in [6, 6.07) is 10.8. The number of ether oxygens (including phenoxy) is 3. The minimum atomic E-state index is -0.671. The highest BCUT2D eigenvalue weighted by Gasteiger charge is 2.31. The maximum atomic E-state index is 13.4. The number of methoxy groups -OCH3 is 2. The third-order valence-corrected chi connectivity index (χ3v) is 6.31. The molecule has 194 valence electrons. The zero-order valence-electron chi connectivity index (χ0n) is 20.9. The first-order valence-electron chi connectivity index (χ1n) is 12.0. The first-order valence-corrected chi connectivity index (χ1v) is 12.0. The number of carbonyl (C=O) groups excluding carboxylic acids is 2. The molecule has 10 heteroatoms. The smallest absolute Gasteiger partial charge is 0.311 e. The minimum absolute atomic E-state index is 0.0300. The number of nitrogens with zero attached hydrogens (tertiary/aromatic N) is 2. The normalized spacial score (nSPS) is 14.1. The van der Waals surface area contributed by atoms with Gasteiger partial charge in [0.15, 0.2) is 6.61 Å². The molecule has 10 nitrogen and oxygen atoms in total. The van der Waals surface area contributed by atoms with Gasteiger partial charge in [0.25, 0.3) is 5.91 Å². The summed E-state index contributed by atoms with van der Waals surface area (Å²) < 4.78 is 15.9. The molecule has 0 radical (unpaired) electrons. The van der Waals surface area contributed by atoms with Crippen molar-refractivity contribution in [1.82, 2.24) is 10.2 Å². The van der Waals surface area contributed by atoms with Crippen LogP contribution in [0, 0.1) is 10.1 Å². The lowest BCUT2D eigenvalue weighted by Gasteiger charge is -2.31. The average Bonchev–Trinajstić information content (AvgIpc) is 3.40. The molecule has 0 spiro atoms. The highest BCUT2D eigenvalue weighted by molar-refractivity contribution is 5.88. The molecule has 0 aliphatic heterocycles. The highest BCUT2D eigenvalue weighted by atomic mass is 16.6. The summed E-state index contributed by atoms with van der Waals surface area (Å²) in [6.45, 7) is 1.74. The van der Waals surface area contributed by atoms with Crippen LogP contribution in [0.15, 0.2) is 42.5 Å². The number of hydrogen-bond donors (Lipinski definition) is 1. The average molecular weight is 500 g/mol. The predicted octanol–water partition coefficient (Wildman–Crippen LogP) is 3.86. The Morgan fingerprint density at radius 3 is 2.33 bits per heavy atom. The predicted molar refractivity (Wildman–Crippen MR) is 133 cm³/mol. The van der Waals surface area contributed by atoms with Gasteiger partial charge in [-0.15, -0.1) is 0 Å². The fraction of sp³-hybridized carbons (Fsp3) is 0.462. The molecule has 0 saturated heterocycles. The molecule has 1 N–H and O–H groups in total. The summed E-state index contributed by atoms with van der Waals surface area (Å²) in [5.41, 5.74) is 0.639. The van der Waals surface area contributed by atoms with Gasteiger partial charge in [-0.1, -0.05) is 31.9 Å². The standard InChI is InChI=1S/C26H33N3O7/c1-4-22(26(31)27-19-7-5-6-8-19)28(16-18-9-11-20(34-2)12-10-18)25(30)17-36-21-13-14-23(29(32)33)24(15-21)35-3/h9-15,19,22H,4-8,16-17H2,1-3H3,(H,27,31)/t22-/m0/s1. The van der Waals surface area contributed by atoms with Gasteiger partial charge in [0.2, 0.25) is 11.7 Å². The van der Waals surface area contributed by atoms with E-state index in [1.54, 1.807) is 19.2 Å². The van der Waals surface area contributed by atoms with E-state index < -0.39 is 11.0 Å². The Morgan fingerprint density at radius 1 is 1.08 bits per heavy atom. The maximum absolute atomic E-state index is 13.4. The molecule has 1 saturated carbocycles. The van der Waals surface area contributed by atoms with Crippen molar-refractivity contribution in [1.29, 1.82) is 0 Å². The number of amides is 2. The number of nitro groups is 1. The van der Waals surface area contributed by atoms with Crippen LogP contribution < -0.4 is 19.5 Å². The molecular weight excluding hydrogens is 466 g/mol. The molecule has 1 fully saturated rings. The molecular formula is C26H33N3O7. The second kappa shape index (κ2) is 12.8. The van der Waals surface area contributed by atoms with Gasteiger partial charge in [-0.2, -0.15) is 0 Å². The van der Waals surface area contributed by atoms with E-state index in [-0.39, 0.29) is 48.2 Å². The van der Waals surface area contributed by atoms with Gasteiger partial charge in [-0.3, -0.25) is 19.7 Å². The third-order valence-electron chi connectivity index (χ3n) is 6.31. The lowest BCUT2D eigenvalue weighted by Crippen LogP contribution is -2.52. The second-order valence-electron chi connectivity index (χ2n) is 8.66. The molecule has 1 atom stereocenters. The molecule has 3 rings (SSSR count). The van der Waals surface area contributed by atoms with Crippen LogP contribution in [0.25, 0.3) is 0 Å². The van der Waals surface area contributed by atoms with Crippen molar-refractivity contribution in [2.24, 2.45) is 0 Å². The van der Waals surface area contributed by atoms with Gasteiger partial charge in [-0.05, 0) is 43.0 Å². The van der Waals surface area contributed by atoms with E-state index in [9.17, 15) is 19.7 Å². The number of carbonyl (C=O) groups is 2. The summed E-state index contributed by atoms with van der Waals surface area (Å²) in [6.07, 6.45) is 4.50. The van der Waals surface area contributed by atoms with Crippen LogP contribution in [0.2, 0.25) is 0 Å². The summed E-state index contributed by atoms with van der Waals surface area (Å²) >= 11 is 0. The quantitative estimate of drug-likeness (QED) is 0.348. The topological polar surface area (TPSA) is 120 Å². The number of benzene rings is 2. The first kappa shape index (κ1) is 26.8. The summed E-state index contributed by atoms with van der Waals surface area (Å²) in [4.78, 5) is 38.7. The molecule has 0 bridgehead atoms. The Balaban J connectivity index is 1.78. The van der Waals surface area contributed by atoms with E-state index in [2.05, 4.69) is 5.32 Å². The van der Waals surface area contributed by atoms with Gasteiger partial charge < -0.3 is 24.4 Å². The monoisotopic (exact) mass is 499 g/mol. The number of nitrogens with one attached hydrogen (secondary N) is 1.